The molecule has 1 aromatic rings. The number of nitrogens with two attached hydrogens (primary N) is 1. The summed E-state index contributed by atoms with van der Waals surface area (Å²) in [5.41, 5.74) is 5.51. The quantitative estimate of drug-likeness (QED) is 0.818. The lowest BCUT2D eigenvalue weighted by Gasteiger charge is -2.39. The summed E-state index contributed by atoms with van der Waals surface area (Å²) in [6.07, 6.45) is 7.34. The molecule has 1 fully saturated rings. The first-order valence-electron chi connectivity index (χ1n) is 6.78. The highest BCUT2D eigenvalue weighted by atomic mass is 32.2. The molecule has 0 atom stereocenters. The lowest BCUT2D eigenvalue weighted by Crippen LogP contribution is -2.54. The summed E-state index contributed by atoms with van der Waals surface area (Å²) in [4.78, 5) is 0.223. The van der Waals surface area contributed by atoms with Crippen molar-refractivity contribution in [3.8, 4) is 0 Å². The van der Waals surface area contributed by atoms with Crippen molar-refractivity contribution in [2.45, 2.75) is 49.5 Å². The number of rotatable bonds is 6. The van der Waals surface area contributed by atoms with Gasteiger partial charge in [0.15, 0.2) is 0 Å². The second kappa shape index (κ2) is 5.60. The van der Waals surface area contributed by atoms with Crippen LogP contribution in [0.2, 0.25) is 0 Å². The highest BCUT2D eigenvalue weighted by molar-refractivity contribution is 7.89. The molecule has 108 valence electrons. The molecule has 0 spiro atoms. The maximum absolute atomic E-state index is 12.7. The van der Waals surface area contributed by atoms with Crippen molar-refractivity contribution in [3.05, 3.63) is 12.4 Å². The number of nitrogens with one attached hydrogen (secondary N) is 1. The van der Waals surface area contributed by atoms with E-state index < -0.39 is 15.6 Å². The molecule has 1 aliphatic rings. The summed E-state index contributed by atoms with van der Waals surface area (Å²) < 4.78 is 27.1. The van der Waals surface area contributed by atoms with Gasteiger partial charge in [-0.2, -0.15) is 9.40 Å². The number of aromatic amines is 1. The fraction of sp³-hybridized carbons (Fsp3) is 0.750. The smallest absolute Gasteiger partial charge is 0.246 e. The molecular formula is C12H22N4O2S. The average Bonchev–Trinajstić information content (AvgIpc) is 3.07. The summed E-state index contributed by atoms with van der Waals surface area (Å²) >= 11 is 0. The standard InChI is InChI=1S/C12H22N4O2S/c1-2-7-16(12(10-13)5-3-4-6-12)19(17,18)11-8-14-15-9-11/h8-9H,2-7,10,13H2,1H3,(H,14,15). The second-order valence-corrected chi connectivity index (χ2v) is 7.01. The minimum atomic E-state index is -3.51. The molecule has 1 aromatic heterocycles. The van der Waals surface area contributed by atoms with Crippen LogP contribution in [0.3, 0.4) is 0 Å². The monoisotopic (exact) mass is 286 g/mol. The van der Waals surface area contributed by atoms with Gasteiger partial charge in [0.2, 0.25) is 10.0 Å². The predicted octanol–water partition coefficient (Wildman–Crippen LogP) is 1.08. The first kappa shape index (κ1) is 14.5. The van der Waals surface area contributed by atoms with E-state index in [1.54, 1.807) is 4.31 Å². The van der Waals surface area contributed by atoms with E-state index in [0.29, 0.717) is 13.1 Å². The fourth-order valence-electron chi connectivity index (χ4n) is 2.91. The highest BCUT2D eigenvalue weighted by Crippen LogP contribution is 2.37. The second-order valence-electron chi connectivity index (χ2n) is 5.15. The number of aromatic nitrogens is 2. The summed E-state index contributed by atoms with van der Waals surface area (Å²) in [6, 6.07) is 0. The van der Waals surface area contributed by atoms with Crippen molar-refractivity contribution in [1.82, 2.24) is 14.5 Å². The molecule has 0 bridgehead atoms. The van der Waals surface area contributed by atoms with Crippen LogP contribution in [0.25, 0.3) is 0 Å². The molecule has 0 radical (unpaired) electrons. The van der Waals surface area contributed by atoms with E-state index in [9.17, 15) is 8.42 Å². The molecule has 0 unspecified atom stereocenters. The molecule has 7 heteroatoms. The Hall–Kier alpha value is -0.920. The molecule has 2 rings (SSSR count). The number of H-pyrrole nitrogens is 1. The Labute approximate surface area is 114 Å². The van der Waals surface area contributed by atoms with E-state index in [0.717, 1.165) is 32.1 Å². The van der Waals surface area contributed by atoms with E-state index in [4.69, 9.17) is 5.73 Å². The van der Waals surface area contributed by atoms with Crippen LogP contribution in [0.5, 0.6) is 0 Å². The first-order chi connectivity index (χ1) is 9.07. The van der Waals surface area contributed by atoms with Gasteiger partial charge in [-0.05, 0) is 19.3 Å². The number of sulfonamides is 1. The van der Waals surface area contributed by atoms with Crippen molar-refractivity contribution in [3.63, 3.8) is 0 Å². The van der Waals surface area contributed by atoms with E-state index in [-0.39, 0.29) is 4.90 Å². The largest absolute Gasteiger partial charge is 0.329 e. The van der Waals surface area contributed by atoms with Gasteiger partial charge in [-0.15, -0.1) is 0 Å². The van der Waals surface area contributed by atoms with Crippen LogP contribution in [0.4, 0.5) is 0 Å². The predicted molar refractivity (Wildman–Crippen MR) is 73.0 cm³/mol. The normalized spacial score (nSPS) is 19.1. The zero-order valence-electron chi connectivity index (χ0n) is 11.3. The Morgan fingerprint density at radius 2 is 2.16 bits per heavy atom. The molecule has 0 amide bonds. The van der Waals surface area contributed by atoms with Gasteiger partial charge in [-0.1, -0.05) is 19.8 Å². The number of nitrogens with zero attached hydrogens (tertiary/aromatic N) is 2. The zero-order chi connectivity index (χ0) is 13.9. The Morgan fingerprint density at radius 3 is 2.63 bits per heavy atom. The van der Waals surface area contributed by atoms with Gasteiger partial charge in [0.1, 0.15) is 4.90 Å². The molecular weight excluding hydrogens is 264 g/mol. The Balaban J connectivity index is 2.40. The van der Waals surface area contributed by atoms with Crippen LogP contribution in [0.1, 0.15) is 39.0 Å². The molecule has 0 aromatic carbocycles. The number of hydrogen-bond acceptors (Lipinski definition) is 4. The maximum atomic E-state index is 12.7. The van der Waals surface area contributed by atoms with Gasteiger partial charge >= 0.3 is 0 Å². The van der Waals surface area contributed by atoms with Gasteiger partial charge < -0.3 is 5.73 Å². The number of hydrogen-bond donors (Lipinski definition) is 2. The van der Waals surface area contributed by atoms with Crippen molar-refractivity contribution in [2.75, 3.05) is 13.1 Å². The Morgan fingerprint density at radius 1 is 1.47 bits per heavy atom. The highest BCUT2D eigenvalue weighted by Gasteiger charge is 2.44. The maximum Gasteiger partial charge on any atom is 0.246 e. The van der Waals surface area contributed by atoms with E-state index in [2.05, 4.69) is 10.2 Å². The summed E-state index contributed by atoms with van der Waals surface area (Å²) in [7, 11) is -3.51. The molecule has 1 saturated carbocycles. The zero-order valence-corrected chi connectivity index (χ0v) is 12.1. The third kappa shape index (κ3) is 2.54. The Bertz CT molecular complexity index is 492. The van der Waals surface area contributed by atoms with Crippen LogP contribution >= 0.6 is 0 Å². The SMILES string of the molecule is CCCN(C1(CN)CCCC1)S(=O)(=O)c1cn[nH]c1. The van der Waals surface area contributed by atoms with Crippen LogP contribution in [0, 0.1) is 0 Å². The van der Waals surface area contributed by atoms with E-state index >= 15 is 0 Å². The van der Waals surface area contributed by atoms with Gasteiger partial charge in [0.25, 0.3) is 0 Å². The lowest BCUT2D eigenvalue weighted by atomic mass is 9.98. The fourth-order valence-corrected chi connectivity index (χ4v) is 4.74. The minimum Gasteiger partial charge on any atom is -0.329 e. The topological polar surface area (TPSA) is 92.1 Å². The van der Waals surface area contributed by atoms with Crippen molar-refractivity contribution in [1.29, 1.82) is 0 Å². The van der Waals surface area contributed by atoms with Crippen molar-refractivity contribution in [2.24, 2.45) is 5.73 Å². The molecule has 1 aliphatic carbocycles. The third-order valence-corrected chi connectivity index (χ3v) is 5.90. The Kier molecular flexibility index (Phi) is 4.27. The summed E-state index contributed by atoms with van der Waals surface area (Å²) in [5.74, 6) is 0. The molecule has 6 nitrogen and oxygen atoms in total. The lowest BCUT2D eigenvalue weighted by molar-refractivity contribution is 0.197. The average molecular weight is 286 g/mol. The van der Waals surface area contributed by atoms with Crippen molar-refractivity contribution < 1.29 is 8.42 Å². The van der Waals surface area contributed by atoms with Crippen molar-refractivity contribution >= 4 is 10.0 Å². The van der Waals surface area contributed by atoms with Gasteiger partial charge in [-0.25, -0.2) is 8.42 Å². The van der Waals surface area contributed by atoms with Crippen LogP contribution < -0.4 is 5.73 Å². The third-order valence-electron chi connectivity index (χ3n) is 3.93. The van der Waals surface area contributed by atoms with E-state index in [1.807, 2.05) is 6.92 Å². The van der Waals surface area contributed by atoms with Crippen LogP contribution in [0.15, 0.2) is 17.3 Å². The van der Waals surface area contributed by atoms with Gasteiger partial charge in [-0.3, -0.25) is 5.10 Å². The summed E-state index contributed by atoms with van der Waals surface area (Å²) in [5, 5.41) is 6.31. The molecule has 0 saturated heterocycles. The van der Waals surface area contributed by atoms with Gasteiger partial charge in [0.05, 0.1) is 6.20 Å². The molecule has 3 N–H and O–H groups in total. The first-order valence-corrected chi connectivity index (χ1v) is 8.22. The van der Waals surface area contributed by atoms with Crippen LogP contribution in [-0.2, 0) is 10.0 Å². The molecule has 1 heterocycles. The van der Waals surface area contributed by atoms with E-state index in [1.165, 1.54) is 12.4 Å². The molecule has 0 aliphatic heterocycles. The molecule has 19 heavy (non-hydrogen) atoms. The summed E-state index contributed by atoms with van der Waals surface area (Å²) in [6.45, 7) is 2.87. The van der Waals surface area contributed by atoms with Gasteiger partial charge in [0, 0.05) is 24.8 Å². The van der Waals surface area contributed by atoms with Crippen LogP contribution in [-0.4, -0.2) is 41.5 Å². The minimum absolute atomic E-state index is 0.223.